The lowest BCUT2D eigenvalue weighted by molar-refractivity contribution is 1.35. The van der Waals surface area contributed by atoms with Crippen molar-refractivity contribution in [2.75, 3.05) is 10.6 Å². The predicted octanol–water partition coefficient (Wildman–Crippen LogP) is 6.72. The van der Waals surface area contributed by atoms with E-state index < -0.39 is 0 Å². The molecule has 3 aromatic carbocycles. The molecule has 0 aliphatic rings. The van der Waals surface area contributed by atoms with E-state index in [9.17, 15) is 0 Å². The lowest BCUT2D eigenvalue weighted by atomic mass is 10.1. The van der Waals surface area contributed by atoms with Gasteiger partial charge in [-0.05, 0) is 105 Å². The van der Waals surface area contributed by atoms with Gasteiger partial charge in [0.15, 0.2) is 0 Å². The molecule has 0 fully saturated rings. The molecule has 2 nitrogen and oxygen atoms in total. The Kier molecular flexibility index (Phi) is 4.80. The fourth-order valence-electron chi connectivity index (χ4n) is 3.30. The fraction of sp³-hybridized carbons (Fsp3) is 0.217. The highest BCUT2D eigenvalue weighted by Gasteiger charge is 2.03. The number of aryl methyl sites for hydroxylation is 5. The quantitative estimate of drug-likeness (QED) is 0.555. The maximum Gasteiger partial charge on any atom is 0.0415 e. The van der Waals surface area contributed by atoms with E-state index >= 15 is 0 Å². The molecule has 0 radical (unpaired) electrons. The average molecular weight is 330 g/mol. The average Bonchev–Trinajstić information content (AvgIpc) is 2.48. The van der Waals surface area contributed by atoms with Gasteiger partial charge in [0.1, 0.15) is 0 Å². The van der Waals surface area contributed by atoms with Crippen LogP contribution in [-0.2, 0) is 0 Å². The van der Waals surface area contributed by atoms with Crippen LogP contribution in [0.3, 0.4) is 0 Å². The van der Waals surface area contributed by atoms with E-state index in [1.54, 1.807) is 0 Å². The Balaban J connectivity index is 1.80. The molecule has 0 saturated carbocycles. The van der Waals surface area contributed by atoms with E-state index in [-0.39, 0.29) is 0 Å². The van der Waals surface area contributed by atoms with Crippen molar-refractivity contribution < 1.29 is 0 Å². The fourth-order valence-corrected chi connectivity index (χ4v) is 3.30. The molecule has 2 N–H and O–H groups in total. The first kappa shape index (κ1) is 17.1. The Morgan fingerprint density at radius 2 is 0.960 bits per heavy atom. The normalized spacial score (nSPS) is 10.6. The number of anilines is 4. The largest absolute Gasteiger partial charge is 0.356 e. The molecular formula is C23H26N2. The SMILES string of the molecule is Cc1cc(C)cc(Nc2ccc(Nc3cc(C)cc(C)c3)c(C)c2)c1. The number of nitrogens with one attached hydrogen (secondary N) is 2. The third-order valence-corrected chi connectivity index (χ3v) is 4.24. The molecular weight excluding hydrogens is 304 g/mol. The van der Waals surface area contributed by atoms with Crippen LogP contribution in [0.5, 0.6) is 0 Å². The summed E-state index contributed by atoms with van der Waals surface area (Å²) in [7, 11) is 0. The van der Waals surface area contributed by atoms with Crippen molar-refractivity contribution in [2.45, 2.75) is 34.6 Å². The van der Waals surface area contributed by atoms with Crippen LogP contribution in [0.4, 0.5) is 22.7 Å². The molecule has 0 amide bonds. The summed E-state index contributed by atoms with van der Waals surface area (Å²) in [6, 6.07) is 19.5. The molecule has 0 bridgehead atoms. The molecule has 0 atom stereocenters. The smallest absolute Gasteiger partial charge is 0.0415 e. The van der Waals surface area contributed by atoms with E-state index in [1.165, 1.54) is 27.8 Å². The Hall–Kier alpha value is -2.74. The molecule has 3 rings (SSSR count). The summed E-state index contributed by atoms with van der Waals surface area (Å²) in [5.74, 6) is 0. The second-order valence-corrected chi connectivity index (χ2v) is 7.03. The molecule has 0 saturated heterocycles. The number of hydrogen-bond donors (Lipinski definition) is 2. The summed E-state index contributed by atoms with van der Waals surface area (Å²) >= 11 is 0. The van der Waals surface area contributed by atoms with E-state index in [2.05, 4.69) is 99.8 Å². The Morgan fingerprint density at radius 3 is 1.44 bits per heavy atom. The molecule has 0 unspecified atom stereocenters. The van der Waals surface area contributed by atoms with Crippen molar-refractivity contribution in [3.05, 3.63) is 82.4 Å². The van der Waals surface area contributed by atoms with Gasteiger partial charge < -0.3 is 10.6 Å². The van der Waals surface area contributed by atoms with Crippen molar-refractivity contribution in [3.8, 4) is 0 Å². The van der Waals surface area contributed by atoms with Gasteiger partial charge in [-0.25, -0.2) is 0 Å². The monoisotopic (exact) mass is 330 g/mol. The molecule has 0 aliphatic heterocycles. The molecule has 0 aromatic heterocycles. The number of hydrogen-bond acceptors (Lipinski definition) is 2. The predicted molar refractivity (Wildman–Crippen MR) is 110 cm³/mol. The molecule has 25 heavy (non-hydrogen) atoms. The number of rotatable bonds is 4. The summed E-state index contributed by atoms with van der Waals surface area (Å²) in [4.78, 5) is 0. The van der Waals surface area contributed by atoms with Gasteiger partial charge in [-0.1, -0.05) is 12.1 Å². The summed E-state index contributed by atoms with van der Waals surface area (Å²) < 4.78 is 0. The van der Waals surface area contributed by atoms with Crippen LogP contribution in [-0.4, -0.2) is 0 Å². The minimum atomic E-state index is 1.11. The highest BCUT2D eigenvalue weighted by Crippen LogP contribution is 2.27. The van der Waals surface area contributed by atoms with Crippen LogP contribution < -0.4 is 10.6 Å². The van der Waals surface area contributed by atoms with Crippen molar-refractivity contribution in [3.63, 3.8) is 0 Å². The third kappa shape index (κ3) is 4.42. The van der Waals surface area contributed by atoms with Gasteiger partial charge in [-0.3, -0.25) is 0 Å². The van der Waals surface area contributed by atoms with Gasteiger partial charge in [0.05, 0.1) is 0 Å². The second kappa shape index (κ2) is 7.02. The van der Waals surface area contributed by atoms with Crippen LogP contribution in [0.2, 0.25) is 0 Å². The van der Waals surface area contributed by atoms with E-state index in [1.807, 2.05) is 0 Å². The highest BCUT2D eigenvalue weighted by molar-refractivity contribution is 5.70. The minimum absolute atomic E-state index is 1.11. The zero-order valence-electron chi connectivity index (χ0n) is 15.7. The second-order valence-electron chi connectivity index (χ2n) is 7.03. The van der Waals surface area contributed by atoms with Crippen molar-refractivity contribution >= 4 is 22.7 Å². The number of benzene rings is 3. The van der Waals surface area contributed by atoms with Gasteiger partial charge in [-0.15, -0.1) is 0 Å². The minimum Gasteiger partial charge on any atom is -0.356 e. The molecule has 2 heteroatoms. The van der Waals surface area contributed by atoms with Crippen molar-refractivity contribution in [2.24, 2.45) is 0 Å². The molecule has 0 spiro atoms. The van der Waals surface area contributed by atoms with Gasteiger partial charge in [-0.2, -0.15) is 0 Å². The maximum atomic E-state index is 3.54. The first-order valence-corrected chi connectivity index (χ1v) is 8.70. The molecule has 128 valence electrons. The van der Waals surface area contributed by atoms with Crippen LogP contribution in [0, 0.1) is 34.6 Å². The van der Waals surface area contributed by atoms with E-state index in [0.717, 1.165) is 22.7 Å². The van der Waals surface area contributed by atoms with Crippen LogP contribution in [0.1, 0.15) is 27.8 Å². The Bertz CT molecular complexity index is 869. The summed E-state index contributed by atoms with van der Waals surface area (Å²) in [6.45, 7) is 10.6. The van der Waals surface area contributed by atoms with Gasteiger partial charge in [0, 0.05) is 22.7 Å². The Morgan fingerprint density at radius 1 is 0.480 bits per heavy atom. The third-order valence-electron chi connectivity index (χ3n) is 4.24. The molecule has 0 heterocycles. The van der Waals surface area contributed by atoms with Crippen molar-refractivity contribution in [1.29, 1.82) is 0 Å². The highest BCUT2D eigenvalue weighted by atomic mass is 14.9. The van der Waals surface area contributed by atoms with E-state index in [0.29, 0.717) is 0 Å². The Labute approximate surface area is 150 Å². The standard InChI is InChI=1S/C23H26N2/c1-15-8-16(2)11-21(10-15)24-20-6-7-23(19(5)14-20)25-22-12-17(3)9-18(4)13-22/h6-14,24-25H,1-5H3. The van der Waals surface area contributed by atoms with Crippen LogP contribution in [0.25, 0.3) is 0 Å². The van der Waals surface area contributed by atoms with E-state index in [4.69, 9.17) is 0 Å². The first-order chi connectivity index (χ1) is 11.9. The summed E-state index contributed by atoms with van der Waals surface area (Å²) in [6.07, 6.45) is 0. The zero-order chi connectivity index (χ0) is 18.0. The topological polar surface area (TPSA) is 24.1 Å². The molecule has 0 aliphatic carbocycles. The van der Waals surface area contributed by atoms with Crippen molar-refractivity contribution in [1.82, 2.24) is 0 Å². The van der Waals surface area contributed by atoms with Gasteiger partial charge in [0.25, 0.3) is 0 Å². The van der Waals surface area contributed by atoms with Gasteiger partial charge >= 0.3 is 0 Å². The first-order valence-electron chi connectivity index (χ1n) is 8.70. The molecule has 3 aromatic rings. The summed E-state index contributed by atoms with van der Waals surface area (Å²) in [5.41, 5.74) is 10.8. The lowest BCUT2D eigenvalue weighted by Gasteiger charge is -2.14. The van der Waals surface area contributed by atoms with Crippen LogP contribution >= 0.6 is 0 Å². The lowest BCUT2D eigenvalue weighted by Crippen LogP contribution is -1.97. The zero-order valence-corrected chi connectivity index (χ0v) is 15.7. The van der Waals surface area contributed by atoms with Gasteiger partial charge in [0.2, 0.25) is 0 Å². The summed E-state index contributed by atoms with van der Waals surface area (Å²) in [5, 5.41) is 7.04. The maximum absolute atomic E-state index is 3.54. The van der Waals surface area contributed by atoms with Crippen LogP contribution in [0.15, 0.2) is 54.6 Å².